The highest BCUT2D eigenvalue weighted by molar-refractivity contribution is 6.25. The monoisotopic (exact) mass is 203 g/mol. The van der Waals surface area contributed by atoms with Crippen LogP contribution in [0.25, 0.3) is 0 Å². The van der Waals surface area contributed by atoms with Gasteiger partial charge >= 0.3 is 5.97 Å². The van der Waals surface area contributed by atoms with Crippen LogP contribution in [-0.2, 0) is 4.79 Å². The molecule has 74 valence electrons. The SMILES string of the molecule is CC(=CCl)CN1CCC(C(=O)O)C1. The molecule has 1 N–H and O–H groups in total. The number of rotatable bonds is 3. The minimum absolute atomic E-state index is 0.192. The van der Waals surface area contributed by atoms with Gasteiger partial charge in [0.25, 0.3) is 0 Å². The van der Waals surface area contributed by atoms with E-state index in [0.29, 0.717) is 6.54 Å². The van der Waals surface area contributed by atoms with Crippen molar-refractivity contribution in [3.63, 3.8) is 0 Å². The lowest BCUT2D eigenvalue weighted by molar-refractivity contribution is -0.141. The number of likely N-dealkylation sites (tertiary alicyclic amines) is 1. The van der Waals surface area contributed by atoms with Crippen molar-refractivity contribution in [2.24, 2.45) is 5.92 Å². The third-order valence-corrected chi connectivity index (χ3v) is 2.65. The van der Waals surface area contributed by atoms with Crippen LogP contribution < -0.4 is 0 Å². The van der Waals surface area contributed by atoms with Crippen molar-refractivity contribution in [2.75, 3.05) is 19.6 Å². The predicted molar refractivity (Wildman–Crippen MR) is 51.8 cm³/mol. The van der Waals surface area contributed by atoms with Crippen LogP contribution >= 0.6 is 11.6 Å². The van der Waals surface area contributed by atoms with E-state index >= 15 is 0 Å². The molecule has 0 saturated carbocycles. The number of nitrogens with zero attached hydrogens (tertiary/aromatic N) is 1. The maximum absolute atomic E-state index is 10.6. The van der Waals surface area contributed by atoms with E-state index in [1.54, 1.807) is 5.54 Å². The van der Waals surface area contributed by atoms with Crippen LogP contribution in [0.4, 0.5) is 0 Å². The molecule has 13 heavy (non-hydrogen) atoms. The van der Waals surface area contributed by atoms with Crippen molar-refractivity contribution in [2.45, 2.75) is 13.3 Å². The van der Waals surface area contributed by atoms with Gasteiger partial charge in [-0.25, -0.2) is 0 Å². The Balaban J connectivity index is 2.37. The topological polar surface area (TPSA) is 40.5 Å². The van der Waals surface area contributed by atoms with E-state index in [9.17, 15) is 4.79 Å². The van der Waals surface area contributed by atoms with Gasteiger partial charge in [-0.1, -0.05) is 11.6 Å². The van der Waals surface area contributed by atoms with E-state index in [2.05, 4.69) is 4.90 Å². The Labute approximate surface area is 83.0 Å². The first kappa shape index (κ1) is 10.5. The quantitative estimate of drug-likeness (QED) is 0.757. The van der Waals surface area contributed by atoms with Gasteiger partial charge < -0.3 is 5.11 Å². The summed E-state index contributed by atoms with van der Waals surface area (Å²) in [5, 5.41) is 8.75. The van der Waals surface area contributed by atoms with Gasteiger partial charge in [-0.2, -0.15) is 0 Å². The van der Waals surface area contributed by atoms with Crippen LogP contribution in [-0.4, -0.2) is 35.6 Å². The van der Waals surface area contributed by atoms with Gasteiger partial charge in [0.1, 0.15) is 0 Å². The van der Waals surface area contributed by atoms with Crippen molar-refractivity contribution < 1.29 is 9.90 Å². The lowest BCUT2D eigenvalue weighted by atomic mass is 10.1. The fourth-order valence-electron chi connectivity index (χ4n) is 1.57. The fraction of sp³-hybridized carbons (Fsp3) is 0.667. The van der Waals surface area contributed by atoms with Crippen molar-refractivity contribution in [1.82, 2.24) is 4.90 Å². The molecule has 1 saturated heterocycles. The normalized spacial score (nSPS) is 25.1. The smallest absolute Gasteiger partial charge is 0.307 e. The molecule has 1 atom stereocenters. The molecule has 0 radical (unpaired) electrons. The first-order valence-electron chi connectivity index (χ1n) is 4.34. The molecule has 0 amide bonds. The van der Waals surface area contributed by atoms with Gasteiger partial charge in [0.05, 0.1) is 5.92 Å². The lowest BCUT2D eigenvalue weighted by Crippen LogP contribution is -2.24. The Morgan fingerprint density at radius 2 is 2.46 bits per heavy atom. The Kier molecular flexibility index (Phi) is 3.75. The van der Waals surface area contributed by atoms with Crippen molar-refractivity contribution >= 4 is 17.6 Å². The summed E-state index contributed by atoms with van der Waals surface area (Å²) in [7, 11) is 0. The number of aliphatic carboxylic acids is 1. The van der Waals surface area contributed by atoms with E-state index in [-0.39, 0.29) is 5.92 Å². The number of hydrogen-bond donors (Lipinski definition) is 1. The van der Waals surface area contributed by atoms with E-state index in [4.69, 9.17) is 16.7 Å². The first-order chi connectivity index (χ1) is 6.13. The average Bonchev–Trinajstić information content (AvgIpc) is 2.52. The molecule has 1 unspecified atom stereocenters. The molecule has 0 aliphatic carbocycles. The van der Waals surface area contributed by atoms with E-state index < -0.39 is 5.97 Å². The Morgan fingerprint density at radius 3 is 2.92 bits per heavy atom. The Hall–Kier alpha value is -0.540. The zero-order valence-corrected chi connectivity index (χ0v) is 8.42. The second-order valence-corrected chi connectivity index (χ2v) is 3.73. The molecule has 0 bridgehead atoms. The van der Waals surface area contributed by atoms with Crippen molar-refractivity contribution in [1.29, 1.82) is 0 Å². The third kappa shape index (κ3) is 3.01. The summed E-state index contributed by atoms with van der Waals surface area (Å²) in [5.41, 5.74) is 2.63. The van der Waals surface area contributed by atoms with E-state index in [1.807, 2.05) is 6.92 Å². The van der Waals surface area contributed by atoms with Gasteiger partial charge in [0.15, 0.2) is 0 Å². The summed E-state index contributed by atoms with van der Waals surface area (Å²) in [6, 6.07) is 0. The van der Waals surface area contributed by atoms with Crippen LogP contribution in [0.5, 0.6) is 0 Å². The molecule has 3 nitrogen and oxygen atoms in total. The summed E-state index contributed by atoms with van der Waals surface area (Å²) in [5.74, 6) is -0.877. The predicted octanol–water partition coefficient (Wildman–Crippen LogP) is 1.54. The number of carboxylic acids is 1. The zero-order chi connectivity index (χ0) is 9.84. The first-order valence-corrected chi connectivity index (χ1v) is 4.78. The summed E-state index contributed by atoms with van der Waals surface area (Å²) in [4.78, 5) is 12.8. The molecular formula is C9H14ClNO2. The van der Waals surface area contributed by atoms with Gasteiger partial charge in [0.2, 0.25) is 0 Å². The summed E-state index contributed by atoms with van der Waals surface area (Å²) < 4.78 is 0. The second kappa shape index (κ2) is 4.63. The lowest BCUT2D eigenvalue weighted by Gasteiger charge is -2.14. The molecule has 1 heterocycles. The molecule has 1 aliphatic heterocycles. The maximum atomic E-state index is 10.6. The maximum Gasteiger partial charge on any atom is 0.307 e. The second-order valence-electron chi connectivity index (χ2n) is 3.51. The van der Waals surface area contributed by atoms with Crippen LogP contribution in [0, 0.1) is 5.92 Å². The van der Waals surface area contributed by atoms with Crippen LogP contribution in [0.15, 0.2) is 11.1 Å². The van der Waals surface area contributed by atoms with Gasteiger partial charge in [0, 0.05) is 18.6 Å². The summed E-state index contributed by atoms with van der Waals surface area (Å²) in [6.45, 7) is 4.24. The highest BCUT2D eigenvalue weighted by Crippen LogP contribution is 2.17. The molecule has 0 aromatic carbocycles. The molecule has 1 rings (SSSR count). The standard InChI is InChI=1S/C9H14ClNO2/c1-7(4-10)5-11-3-2-8(6-11)9(12)13/h4,8H,2-3,5-6H2,1H3,(H,12,13). The highest BCUT2D eigenvalue weighted by atomic mass is 35.5. The minimum atomic E-state index is -0.685. The highest BCUT2D eigenvalue weighted by Gasteiger charge is 2.27. The molecule has 1 fully saturated rings. The molecule has 0 aromatic rings. The van der Waals surface area contributed by atoms with Gasteiger partial charge in [-0.15, -0.1) is 0 Å². The van der Waals surface area contributed by atoms with Crippen LogP contribution in [0.2, 0.25) is 0 Å². The van der Waals surface area contributed by atoms with Crippen LogP contribution in [0.1, 0.15) is 13.3 Å². The van der Waals surface area contributed by atoms with Gasteiger partial charge in [-0.05, 0) is 25.5 Å². The average molecular weight is 204 g/mol. The minimum Gasteiger partial charge on any atom is -0.481 e. The largest absolute Gasteiger partial charge is 0.481 e. The number of carboxylic acid groups (broad SMARTS) is 1. The summed E-state index contributed by atoms with van der Waals surface area (Å²) in [6.07, 6.45) is 0.755. The molecule has 0 spiro atoms. The van der Waals surface area contributed by atoms with E-state index in [1.165, 1.54) is 0 Å². The van der Waals surface area contributed by atoms with Crippen LogP contribution in [0.3, 0.4) is 0 Å². The Bertz CT molecular complexity index is 228. The fourth-order valence-corrected chi connectivity index (χ4v) is 1.63. The molecule has 4 heteroatoms. The van der Waals surface area contributed by atoms with Crippen molar-refractivity contribution in [3.05, 3.63) is 11.1 Å². The number of halogens is 1. The van der Waals surface area contributed by atoms with Gasteiger partial charge in [-0.3, -0.25) is 9.69 Å². The third-order valence-electron chi connectivity index (χ3n) is 2.28. The van der Waals surface area contributed by atoms with Crippen molar-refractivity contribution in [3.8, 4) is 0 Å². The molecule has 1 aliphatic rings. The zero-order valence-electron chi connectivity index (χ0n) is 7.66. The molecule has 0 aromatic heterocycles. The number of hydrogen-bond acceptors (Lipinski definition) is 2. The van der Waals surface area contributed by atoms with E-state index in [0.717, 1.165) is 25.1 Å². The summed E-state index contributed by atoms with van der Waals surface area (Å²) >= 11 is 5.52. The Morgan fingerprint density at radius 1 is 1.77 bits per heavy atom. The molecular weight excluding hydrogens is 190 g/mol. The number of carbonyl (C=O) groups is 1.